The summed E-state index contributed by atoms with van der Waals surface area (Å²) in [6.07, 6.45) is 0. The Morgan fingerprint density at radius 1 is 0.561 bits per heavy atom. The molecule has 8 rings (SSSR count). The quantitative estimate of drug-likeness (QED) is 0.126. The molecule has 0 saturated heterocycles. The number of nitrogens with zero attached hydrogens (tertiary/aromatic N) is 2. The number of ether oxygens (including phenoxy) is 1. The molecule has 0 radical (unpaired) electrons. The highest BCUT2D eigenvalue weighted by atomic mass is 35.5. The number of benzene rings is 6. The average Bonchev–Trinajstić information content (AvgIpc) is 3.65. The molecular formula is C45H31Cl3N2O5S2. The van der Waals surface area contributed by atoms with E-state index < -0.39 is 11.9 Å². The van der Waals surface area contributed by atoms with Crippen molar-refractivity contribution in [2.24, 2.45) is 0 Å². The first kappa shape index (κ1) is 38.6. The van der Waals surface area contributed by atoms with Gasteiger partial charge in [-0.3, -0.25) is 0 Å². The molecule has 0 unspecified atom stereocenters. The van der Waals surface area contributed by atoms with Crippen molar-refractivity contribution >= 4 is 92.1 Å². The van der Waals surface area contributed by atoms with Crippen molar-refractivity contribution in [3.05, 3.63) is 171 Å². The summed E-state index contributed by atoms with van der Waals surface area (Å²) in [7, 11) is 1.60. The minimum Gasteiger partial charge on any atom is -0.497 e. The molecule has 0 spiro atoms. The summed E-state index contributed by atoms with van der Waals surface area (Å²) in [4.78, 5) is 28.8. The van der Waals surface area contributed by atoms with Gasteiger partial charge in [0.05, 0.1) is 27.9 Å². The number of hydrogen-bond donors (Lipinski definition) is 2. The van der Waals surface area contributed by atoms with Crippen LogP contribution < -0.4 is 4.74 Å². The van der Waals surface area contributed by atoms with E-state index in [4.69, 9.17) is 39.5 Å². The Hall–Kier alpha value is -5.29. The summed E-state index contributed by atoms with van der Waals surface area (Å²) in [5.41, 5.74) is 5.17. The molecule has 6 aromatic carbocycles. The lowest BCUT2D eigenvalue weighted by Gasteiger charge is -2.13. The fourth-order valence-electron chi connectivity index (χ4n) is 7.02. The molecule has 0 fully saturated rings. The van der Waals surface area contributed by atoms with E-state index in [9.17, 15) is 19.8 Å². The van der Waals surface area contributed by atoms with Crippen LogP contribution >= 0.6 is 58.3 Å². The third-order valence-electron chi connectivity index (χ3n) is 9.51. The van der Waals surface area contributed by atoms with Gasteiger partial charge in [-0.25, -0.2) is 9.59 Å². The molecule has 0 atom stereocenters. The van der Waals surface area contributed by atoms with Gasteiger partial charge in [0.25, 0.3) is 0 Å². The first-order valence-electron chi connectivity index (χ1n) is 17.6. The van der Waals surface area contributed by atoms with Crippen molar-refractivity contribution < 1.29 is 24.5 Å². The van der Waals surface area contributed by atoms with Gasteiger partial charge in [-0.15, -0.1) is 0 Å². The molecule has 8 aromatic rings. The number of hydrogen-bond acceptors (Lipinski definition) is 5. The van der Waals surface area contributed by atoms with E-state index in [1.807, 2.05) is 109 Å². The summed E-state index contributed by atoms with van der Waals surface area (Å²) in [5.74, 6) is -1.40. The molecule has 0 bridgehead atoms. The fraction of sp³-hybridized carbons (Fsp3) is 0.0667. The second-order valence-electron chi connectivity index (χ2n) is 13.2. The molecule has 0 aliphatic carbocycles. The van der Waals surface area contributed by atoms with Crippen LogP contribution in [0.2, 0.25) is 15.1 Å². The van der Waals surface area contributed by atoms with Crippen molar-refractivity contribution in [2.45, 2.75) is 32.7 Å². The molecule has 0 aliphatic rings. The molecule has 57 heavy (non-hydrogen) atoms. The van der Waals surface area contributed by atoms with E-state index in [0.29, 0.717) is 37.2 Å². The zero-order chi connectivity index (χ0) is 39.8. The Morgan fingerprint density at radius 3 is 1.70 bits per heavy atom. The number of fused-ring (bicyclic) bond motifs is 2. The van der Waals surface area contributed by atoms with E-state index in [1.54, 1.807) is 40.5 Å². The Kier molecular flexibility index (Phi) is 11.0. The smallest absolute Gasteiger partial charge is 0.353 e. The Morgan fingerprint density at radius 2 is 1.12 bits per heavy atom. The van der Waals surface area contributed by atoms with E-state index >= 15 is 0 Å². The maximum absolute atomic E-state index is 13.0. The third-order valence-corrected chi connectivity index (χ3v) is 12.4. The van der Waals surface area contributed by atoms with E-state index in [-0.39, 0.29) is 17.9 Å². The lowest BCUT2D eigenvalue weighted by Crippen LogP contribution is -2.10. The van der Waals surface area contributed by atoms with Crippen LogP contribution in [0.4, 0.5) is 0 Å². The zero-order valence-corrected chi connectivity index (χ0v) is 34.0. The van der Waals surface area contributed by atoms with E-state index in [1.165, 1.54) is 23.5 Å². The first-order valence-corrected chi connectivity index (χ1v) is 20.4. The average molecular weight is 850 g/mol. The number of carboxylic acids is 2. The number of aromatic carboxylic acids is 2. The summed E-state index contributed by atoms with van der Waals surface area (Å²) in [6.45, 7) is 0.558. The molecule has 2 N–H and O–H groups in total. The first-order chi connectivity index (χ1) is 27.6. The van der Waals surface area contributed by atoms with E-state index in [2.05, 4.69) is 0 Å². The van der Waals surface area contributed by atoms with Crippen molar-refractivity contribution in [2.75, 3.05) is 7.11 Å². The molecule has 284 valence electrons. The second-order valence-corrected chi connectivity index (χ2v) is 16.7. The van der Waals surface area contributed by atoms with Gasteiger partial charge >= 0.3 is 11.9 Å². The third kappa shape index (κ3) is 7.99. The van der Waals surface area contributed by atoms with Gasteiger partial charge in [0.1, 0.15) is 17.1 Å². The van der Waals surface area contributed by atoms with Crippen molar-refractivity contribution in [3.63, 3.8) is 0 Å². The van der Waals surface area contributed by atoms with Crippen LogP contribution in [0.15, 0.2) is 153 Å². The normalized spacial score (nSPS) is 11.4. The van der Waals surface area contributed by atoms with Crippen molar-refractivity contribution in [1.82, 2.24) is 9.13 Å². The Labute approximate surface area is 351 Å². The minimum atomic E-state index is -1.06. The molecule has 0 aliphatic heterocycles. The van der Waals surface area contributed by atoms with Crippen LogP contribution in [0.5, 0.6) is 5.75 Å². The topological polar surface area (TPSA) is 93.7 Å². The van der Waals surface area contributed by atoms with Crippen LogP contribution in [0.3, 0.4) is 0 Å². The number of aromatic nitrogens is 2. The van der Waals surface area contributed by atoms with Crippen LogP contribution in [-0.4, -0.2) is 38.4 Å². The van der Waals surface area contributed by atoms with Crippen LogP contribution in [0.25, 0.3) is 32.9 Å². The van der Waals surface area contributed by atoms with Gasteiger partial charge in [-0.05, 0) is 113 Å². The maximum atomic E-state index is 13.0. The SMILES string of the molecule is COc1ccc(Cn2c(C(=O)O)c(Sc3cccc(-c4cc(Cl)cc(Cn5c(C(=O)O)c(Sc6ccccc6)c6cc(Cl)ccc65)c4)c3)c3cc(Cl)ccc32)cc1. The van der Waals surface area contributed by atoms with Gasteiger partial charge < -0.3 is 24.1 Å². The van der Waals surface area contributed by atoms with Gasteiger partial charge in [-0.1, -0.05) is 101 Å². The van der Waals surface area contributed by atoms with Crippen molar-refractivity contribution in [1.29, 1.82) is 0 Å². The van der Waals surface area contributed by atoms with Gasteiger partial charge in [0.2, 0.25) is 0 Å². The highest BCUT2D eigenvalue weighted by Gasteiger charge is 2.26. The van der Waals surface area contributed by atoms with Gasteiger partial charge in [0, 0.05) is 48.7 Å². The molecular weight excluding hydrogens is 819 g/mol. The molecule has 0 amide bonds. The summed E-state index contributed by atoms with van der Waals surface area (Å²) < 4.78 is 8.91. The summed E-state index contributed by atoms with van der Waals surface area (Å²) >= 11 is 22.4. The predicted molar refractivity (Wildman–Crippen MR) is 231 cm³/mol. The highest BCUT2D eigenvalue weighted by molar-refractivity contribution is 8.00. The number of rotatable bonds is 12. The summed E-state index contributed by atoms with van der Waals surface area (Å²) in [5, 5.41) is 24.2. The largest absolute Gasteiger partial charge is 0.497 e. The lowest BCUT2D eigenvalue weighted by molar-refractivity contribution is 0.0671. The van der Waals surface area contributed by atoms with Crippen LogP contribution in [0, 0.1) is 0 Å². The molecule has 2 aromatic heterocycles. The Balaban J connectivity index is 1.16. The van der Waals surface area contributed by atoms with Gasteiger partial charge in [0.15, 0.2) is 0 Å². The maximum Gasteiger partial charge on any atom is 0.353 e. The Bertz CT molecular complexity index is 2840. The molecule has 12 heteroatoms. The number of carboxylic acid groups (broad SMARTS) is 2. The highest BCUT2D eigenvalue weighted by Crippen LogP contribution is 2.43. The molecule has 7 nitrogen and oxygen atoms in total. The van der Waals surface area contributed by atoms with Crippen LogP contribution in [0.1, 0.15) is 32.1 Å². The standard InChI is InChI=1S/C45H31Cl3N2O5S2/c1-55-33-14-10-26(11-15-33)24-49-38-16-12-31(47)23-37(38)43(41(49)45(53)54)57-35-9-5-6-28(21-35)29-18-27(19-32(48)20-29)25-50-39-17-13-30(46)22-36(39)42(40(50)44(51)52)56-34-7-3-2-4-8-34/h2-23H,24-25H2,1H3,(H,51,52)(H,53,54). The number of carbonyl (C=O) groups is 2. The van der Waals surface area contributed by atoms with Crippen LogP contribution in [-0.2, 0) is 13.1 Å². The fourth-order valence-corrected chi connectivity index (χ4v) is 9.85. The van der Waals surface area contributed by atoms with E-state index in [0.717, 1.165) is 53.9 Å². The zero-order valence-electron chi connectivity index (χ0n) is 30.1. The monoisotopic (exact) mass is 848 g/mol. The molecule has 0 saturated carbocycles. The summed E-state index contributed by atoms with van der Waals surface area (Å²) in [6, 6.07) is 41.5. The second kappa shape index (κ2) is 16.3. The predicted octanol–water partition coefficient (Wildman–Crippen LogP) is 13.0. The number of methoxy groups -OCH3 is 1. The number of halogens is 3. The van der Waals surface area contributed by atoms with Gasteiger partial charge in [-0.2, -0.15) is 0 Å². The molecule has 2 heterocycles. The van der Waals surface area contributed by atoms with Crippen molar-refractivity contribution in [3.8, 4) is 16.9 Å². The lowest BCUT2D eigenvalue weighted by atomic mass is 10.0. The minimum absolute atomic E-state index is 0.154.